The summed E-state index contributed by atoms with van der Waals surface area (Å²) in [5, 5.41) is 11.9. The molecule has 2 N–H and O–H groups in total. The Kier molecular flexibility index (Phi) is 6.68. The van der Waals surface area contributed by atoms with Crippen LogP contribution in [0.2, 0.25) is 0 Å². The quantitative estimate of drug-likeness (QED) is 0.723. The molecule has 0 aliphatic rings. The molecular formula is C12H24N2O4. The Morgan fingerprint density at radius 3 is 2.39 bits per heavy atom. The van der Waals surface area contributed by atoms with Crippen molar-refractivity contribution in [3.63, 3.8) is 0 Å². The molecule has 106 valence electrons. The van der Waals surface area contributed by atoms with Crippen LogP contribution >= 0.6 is 0 Å². The van der Waals surface area contributed by atoms with Gasteiger partial charge in [-0.1, -0.05) is 0 Å². The Balaban J connectivity index is 4.58. The van der Waals surface area contributed by atoms with Gasteiger partial charge in [0.1, 0.15) is 5.54 Å². The Hall–Kier alpha value is -1.30. The van der Waals surface area contributed by atoms with E-state index in [1.54, 1.807) is 14.0 Å². The van der Waals surface area contributed by atoms with Crippen LogP contribution in [0.3, 0.4) is 0 Å². The topological polar surface area (TPSA) is 78.9 Å². The molecule has 0 saturated heterocycles. The predicted octanol–water partition coefficient (Wildman–Crippen LogP) is 1.31. The maximum atomic E-state index is 12.0. The number of rotatable bonds is 7. The van der Waals surface area contributed by atoms with Crippen molar-refractivity contribution in [2.24, 2.45) is 0 Å². The fourth-order valence-electron chi connectivity index (χ4n) is 1.56. The zero-order valence-corrected chi connectivity index (χ0v) is 11.8. The number of hydrogen-bond donors (Lipinski definition) is 2. The van der Waals surface area contributed by atoms with Crippen LogP contribution in [0.1, 0.15) is 34.1 Å². The molecule has 18 heavy (non-hydrogen) atoms. The lowest BCUT2D eigenvalue weighted by Gasteiger charge is -2.35. The van der Waals surface area contributed by atoms with Crippen molar-refractivity contribution < 1.29 is 19.4 Å². The summed E-state index contributed by atoms with van der Waals surface area (Å²) in [6.45, 7) is 7.52. The molecule has 0 spiro atoms. The van der Waals surface area contributed by atoms with Crippen molar-refractivity contribution in [1.29, 1.82) is 0 Å². The molecule has 2 amide bonds. The average molecular weight is 260 g/mol. The van der Waals surface area contributed by atoms with Crippen molar-refractivity contribution in [1.82, 2.24) is 10.2 Å². The van der Waals surface area contributed by atoms with Crippen molar-refractivity contribution in [2.45, 2.75) is 45.7 Å². The summed E-state index contributed by atoms with van der Waals surface area (Å²) in [6, 6.07) is -0.426. The number of urea groups is 1. The van der Waals surface area contributed by atoms with Gasteiger partial charge in [0, 0.05) is 26.3 Å². The number of nitrogens with one attached hydrogen (secondary N) is 1. The molecule has 6 nitrogen and oxygen atoms in total. The Morgan fingerprint density at radius 2 is 2.00 bits per heavy atom. The number of methoxy groups -OCH3 is 1. The third-order valence-electron chi connectivity index (χ3n) is 2.88. The minimum Gasteiger partial charge on any atom is -0.480 e. The van der Waals surface area contributed by atoms with Gasteiger partial charge in [-0.3, -0.25) is 0 Å². The Morgan fingerprint density at radius 1 is 1.44 bits per heavy atom. The zero-order chi connectivity index (χ0) is 14.3. The van der Waals surface area contributed by atoms with Crippen molar-refractivity contribution in [3.8, 4) is 0 Å². The van der Waals surface area contributed by atoms with Crippen LogP contribution in [0.15, 0.2) is 0 Å². The lowest BCUT2D eigenvalue weighted by molar-refractivity contribution is -0.147. The molecule has 0 saturated carbocycles. The van der Waals surface area contributed by atoms with Gasteiger partial charge in [-0.15, -0.1) is 0 Å². The summed E-state index contributed by atoms with van der Waals surface area (Å²) >= 11 is 0. The average Bonchev–Trinajstić information content (AvgIpc) is 2.26. The molecule has 1 atom stereocenters. The highest BCUT2D eigenvalue weighted by molar-refractivity contribution is 5.85. The van der Waals surface area contributed by atoms with Gasteiger partial charge in [-0.05, 0) is 34.1 Å². The largest absolute Gasteiger partial charge is 0.480 e. The SMILES string of the molecule is CCN(C(=O)NC(C)CCOC)C(C)(C)C(=O)O. The van der Waals surface area contributed by atoms with Gasteiger partial charge in [-0.25, -0.2) is 9.59 Å². The zero-order valence-electron chi connectivity index (χ0n) is 11.8. The summed E-state index contributed by atoms with van der Waals surface area (Å²) in [5.41, 5.74) is -1.22. The molecular weight excluding hydrogens is 236 g/mol. The number of likely N-dealkylation sites (N-methyl/N-ethyl adjacent to an activating group) is 1. The van der Waals surface area contributed by atoms with E-state index in [2.05, 4.69) is 5.32 Å². The van der Waals surface area contributed by atoms with Gasteiger partial charge in [0.05, 0.1) is 0 Å². The molecule has 0 radical (unpaired) electrons. The fourth-order valence-corrected chi connectivity index (χ4v) is 1.56. The minimum absolute atomic E-state index is 0.0592. The number of carboxylic acids is 1. The molecule has 0 aromatic rings. The standard InChI is InChI=1S/C12H24N2O4/c1-6-14(12(3,4)10(15)16)11(17)13-9(2)7-8-18-5/h9H,6-8H2,1-5H3,(H,13,17)(H,15,16). The first-order valence-electron chi connectivity index (χ1n) is 6.07. The first-order valence-corrected chi connectivity index (χ1v) is 6.07. The molecule has 0 aromatic carbocycles. The van der Waals surface area contributed by atoms with Crippen LogP contribution < -0.4 is 5.32 Å². The number of carboxylic acid groups (broad SMARTS) is 1. The number of carbonyl (C=O) groups excluding carboxylic acids is 1. The van der Waals surface area contributed by atoms with Gasteiger partial charge in [-0.2, -0.15) is 0 Å². The second-order valence-corrected chi connectivity index (χ2v) is 4.74. The number of hydrogen-bond acceptors (Lipinski definition) is 3. The number of nitrogens with zero attached hydrogens (tertiary/aromatic N) is 1. The molecule has 0 bridgehead atoms. The summed E-state index contributed by atoms with van der Waals surface area (Å²) in [5.74, 6) is -1.02. The first-order chi connectivity index (χ1) is 8.27. The molecule has 0 aliphatic carbocycles. The van der Waals surface area contributed by atoms with Crippen LogP contribution in [0.25, 0.3) is 0 Å². The molecule has 0 aromatic heterocycles. The number of ether oxygens (including phenoxy) is 1. The van der Waals surface area contributed by atoms with Crippen molar-refractivity contribution in [2.75, 3.05) is 20.3 Å². The first kappa shape index (κ1) is 16.7. The van der Waals surface area contributed by atoms with E-state index in [-0.39, 0.29) is 12.1 Å². The van der Waals surface area contributed by atoms with Gasteiger partial charge in [0.2, 0.25) is 0 Å². The monoisotopic (exact) mass is 260 g/mol. The molecule has 0 heterocycles. The highest BCUT2D eigenvalue weighted by atomic mass is 16.5. The van der Waals surface area contributed by atoms with E-state index in [0.717, 1.165) is 0 Å². The van der Waals surface area contributed by atoms with Gasteiger partial charge in [0.15, 0.2) is 0 Å². The predicted molar refractivity (Wildman–Crippen MR) is 68.6 cm³/mol. The second-order valence-electron chi connectivity index (χ2n) is 4.74. The normalized spacial score (nSPS) is 12.9. The Bertz CT molecular complexity index is 292. The van der Waals surface area contributed by atoms with Gasteiger partial charge in [0.25, 0.3) is 0 Å². The van der Waals surface area contributed by atoms with Crippen LogP contribution in [0.5, 0.6) is 0 Å². The Labute approximate surface area is 108 Å². The summed E-state index contributed by atoms with van der Waals surface area (Å²) in [4.78, 5) is 24.5. The van der Waals surface area contributed by atoms with Crippen LogP contribution in [0.4, 0.5) is 4.79 Å². The second kappa shape index (κ2) is 7.20. The van der Waals surface area contributed by atoms with E-state index in [1.807, 2.05) is 6.92 Å². The van der Waals surface area contributed by atoms with E-state index >= 15 is 0 Å². The van der Waals surface area contributed by atoms with E-state index in [9.17, 15) is 9.59 Å². The highest BCUT2D eigenvalue weighted by Gasteiger charge is 2.37. The van der Waals surface area contributed by atoms with E-state index < -0.39 is 11.5 Å². The molecule has 0 fully saturated rings. The lowest BCUT2D eigenvalue weighted by Crippen LogP contribution is -2.57. The molecule has 0 rings (SSSR count). The maximum absolute atomic E-state index is 12.0. The molecule has 1 unspecified atom stereocenters. The molecule has 6 heteroatoms. The number of amides is 2. The number of carbonyl (C=O) groups is 2. The number of aliphatic carboxylic acids is 1. The van der Waals surface area contributed by atoms with Gasteiger partial charge < -0.3 is 20.1 Å². The summed E-state index contributed by atoms with van der Waals surface area (Å²) in [6.07, 6.45) is 0.688. The summed E-state index contributed by atoms with van der Waals surface area (Å²) in [7, 11) is 1.60. The van der Waals surface area contributed by atoms with Crippen LogP contribution in [-0.4, -0.2) is 53.8 Å². The van der Waals surface area contributed by atoms with Crippen LogP contribution in [-0.2, 0) is 9.53 Å². The third-order valence-corrected chi connectivity index (χ3v) is 2.88. The smallest absolute Gasteiger partial charge is 0.329 e. The van der Waals surface area contributed by atoms with Crippen LogP contribution in [0, 0.1) is 0 Å². The van der Waals surface area contributed by atoms with Crippen molar-refractivity contribution in [3.05, 3.63) is 0 Å². The van der Waals surface area contributed by atoms with E-state index in [0.29, 0.717) is 19.6 Å². The highest BCUT2D eigenvalue weighted by Crippen LogP contribution is 2.14. The third kappa shape index (κ3) is 4.52. The van der Waals surface area contributed by atoms with E-state index in [1.165, 1.54) is 18.7 Å². The fraction of sp³-hybridized carbons (Fsp3) is 0.833. The van der Waals surface area contributed by atoms with E-state index in [4.69, 9.17) is 9.84 Å². The summed E-state index contributed by atoms with van der Waals surface area (Å²) < 4.78 is 4.93. The molecule has 0 aliphatic heterocycles. The maximum Gasteiger partial charge on any atom is 0.329 e. The van der Waals surface area contributed by atoms with Gasteiger partial charge >= 0.3 is 12.0 Å². The lowest BCUT2D eigenvalue weighted by atomic mass is 10.0. The van der Waals surface area contributed by atoms with Crippen molar-refractivity contribution >= 4 is 12.0 Å². The minimum atomic E-state index is -1.22.